The Kier molecular flexibility index (Phi) is 7.12. The maximum absolute atomic E-state index is 13.3. The Morgan fingerprint density at radius 3 is 1.53 bits per heavy atom. The van der Waals surface area contributed by atoms with E-state index < -0.39 is 16.1 Å². The smallest absolute Gasteiger partial charge is 0.241 e. The van der Waals surface area contributed by atoms with Gasteiger partial charge in [-0.25, -0.2) is 13.1 Å². The summed E-state index contributed by atoms with van der Waals surface area (Å²) in [6.07, 6.45) is 0. The van der Waals surface area contributed by atoms with Crippen molar-refractivity contribution in [1.82, 2.24) is 10.0 Å². The molecule has 0 aliphatic heterocycles. The average molecular weight is 443 g/mol. The Balaban J connectivity index is 1.73. The molecule has 0 fully saturated rings. The van der Waals surface area contributed by atoms with Gasteiger partial charge in [0, 0.05) is 6.54 Å². The molecule has 0 unspecified atom stereocenters. The third kappa shape index (κ3) is 5.51. The fourth-order valence-corrected chi connectivity index (χ4v) is 4.99. The third-order valence-electron chi connectivity index (χ3n) is 5.36. The van der Waals surface area contributed by atoms with Gasteiger partial charge in [0.15, 0.2) is 0 Å². The minimum Gasteiger partial charge on any atom is -0.304 e. The summed E-state index contributed by atoms with van der Waals surface area (Å²) in [5.74, 6) is 0. The molecule has 162 valence electrons. The van der Waals surface area contributed by atoms with E-state index in [-0.39, 0.29) is 10.9 Å². The van der Waals surface area contributed by atoms with Gasteiger partial charge in [-0.2, -0.15) is 0 Å². The highest BCUT2D eigenvalue weighted by Gasteiger charge is 2.29. The van der Waals surface area contributed by atoms with E-state index in [4.69, 9.17) is 0 Å². The molecule has 4 nitrogen and oxygen atoms in total. The van der Waals surface area contributed by atoms with Crippen molar-refractivity contribution in [2.75, 3.05) is 0 Å². The van der Waals surface area contributed by atoms with Crippen LogP contribution in [-0.4, -0.2) is 8.42 Å². The third-order valence-corrected chi connectivity index (χ3v) is 6.81. The molecular formula is C27H26N2O2S. The first-order valence-corrected chi connectivity index (χ1v) is 12.1. The molecule has 2 N–H and O–H groups in total. The highest BCUT2D eigenvalue weighted by atomic mass is 32.2. The Morgan fingerprint density at radius 1 is 0.562 bits per heavy atom. The van der Waals surface area contributed by atoms with Crippen molar-refractivity contribution in [3.8, 4) is 0 Å². The van der Waals surface area contributed by atoms with Gasteiger partial charge in [-0.1, -0.05) is 109 Å². The Morgan fingerprint density at radius 2 is 1.00 bits per heavy atom. The fraction of sp³-hybridized carbons (Fsp3) is 0.111. The van der Waals surface area contributed by atoms with Gasteiger partial charge in [0.05, 0.1) is 17.0 Å². The number of rotatable bonds is 9. The maximum Gasteiger partial charge on any atom is 0.241 e. The second kappa shape index (κ2) is 10.4. The van der Waals surface area contributed by atoms with Crippen LogP contribution in [0.4, 0.5) is 0 Å². The number of hydrogen-bond donors (Lipinski definition) is 2. The van der Waals surface area contributed by atoms with Gasteiger partial charge in [0.1, 0.15) is 0 Å². The molecule has 0 radical (unpaired) electrons. The standard InChI is InChI=1S/C27H26N2O2S/c30-32(31,25-19-11-4-12-20-25)29-27(24-17-9-3-10-18-24)26(23-15-7-2-8-16-23)28-21-22-13-5-1-6-14-22/h1-20,26-29H,21H2/t26-,27-/m0/s1. The summed E-state index contributed by atoms with van der Waals surface area (Å²) in [7, 11) is -3.73. The van der Waals surface area contributed by atoms with E-state index in [0.717, 1.165) is 16.7 Å². The van der Waals surface area contributed by atoms with Crippen molar-refractivity contribution in [3.63, 3.8) is 0 Å². The first-order chi connectivity index (χ1) is 15.6. The molecule has 0 spiro atoms. The van der Waals surface area contributed by atoms with E-state index in [0.29, 0.717) is 6.54 Å². The summed E-state index contributed by atoms with van der Waals surface area (Å²) >= 11 is 0. The molecule has 0 aliphatic rings. The summed E-state index contributed by atoms with van der Waals surface area (Å²) in [5.41, 5.74) is 3.03. The van der Waals surface area contributed by atoms with Gasteiger partial charge < -0.3 is 5.32 Å². The van der Waals surface area contributed by atoms with Crippen LogP contribution in [0.5, 0.6) is 0 Å². The van der Waals surface area contributed by atoms with Gasteiger partial charge in [-0.15, -0.1) is 0 Å². The van der Waals surface area contributed by atoms with Crippen LogP contribution in [-0.2, 0) is 16.6 Å². The molecule has 0 saturated heterocycles. The molecule has 0 bridgehead atoms. The van der Waals surface area contributed by atoms with Crippen molar-refractivity contribution in [2.24, 2.45) is 0 Å². The number of benzene rings is 4. The lowest BCUT2D eigenvalue weighted by molar-refractivity contribution is 0.421. The topological polar surface area (TPSA) is 58.2 Å². The number of sulfonamides is 1. The predicted molar refractivity (Wildman–Crippen MR) is 128 cm³/mol. The maximum atomic E-state index is 13.3. The molecule has 4 rings (SSSR count). The summed E-state index contributed by atoms with van der Waals surface area (Å²) in [6.45, 7) is 0.608. The summed E-state index contributed by atoms with van der Waals surface area (Å²) in [6, 6.07) is 37.5. The van der Waals surface area contributed by atoms with E-state index in [1.807, 2.05) is 84.9 Å². The van der Waals surface area contributed by atoms with E-state index in [9.17, 15) is 8.42 Å². The summed E-state index contributed by atoms with van der Waals surface area (Å²) < 4.78 is 29.5. The fourth-order valence-electron chi connectivity index (χ4n) is 3.74. The zero-order valence-electron chi connectivity index (χ0n) is 17.6. The summed E-state index contributed by atoms with van der Waals surface area (Å²) in [5, 5.41) is 3.60. The molecule has 0 aliphatic carbocycles. The summed E-state index contributed by atoms with van der Waals surface area (Å²) in [4.78, 5) is 0.246. The lowest BCUT2D eigenvalue weighted by Crippen LogP contribution is -2.38. The van der Waals surface area contributed by atoms with Crippen LogP contribution < -0.4 is 10.0 Å². The van der Waals surface area contributed by atoms with Crippen LogP contribution >= 0.6 is 0 Å². The lowest BCUT2D eigenvalue weighted by Gasteiger charge is -2.30. The molecule has 0 heterocycles. The Labute approximate surface area is 190 Å². The molecule has 0 amide bonds. The van der Waals surface area contributed by atoms with Crippen molar-refractivity contribution < 1.29 is 8.42 Å². The quantitative estimate of drug-likeness (QED) is 0.373. The lowest BCUT2D eigenvalue weighted by atomic mass is 9.94. The van der Waals surface area contributed by atoms with E-state index >= 15 is 0 Å². The molecule has 32 heavy (non-hydrogen) atoms. The van der Waals surface area contributed by atoms with E-state index in [1.54, 1.807) is 24.3 Å². The van der Waals surface area contributed by atoms with Gasteiger partial charge in [0.25, 0.3) is 0 Å². The van der Waals surface area contributed by atoms with Crippen LogP contribution in [0.25, 0.3) is 0 Å². The van der Waals surface area contributed by atoms with E-state index in [2.05, 4.69) is 22.2 Å². The van der Waals surface area contributed by atoms with Crippen LogP contribution in [0.15, 0.2) is 126 Å². The molecule has 4 aromatic rings. The molecular weight excluding hydrogens is 416 g/mol. The normalized spacial score (nSPS) is 13.4. The van der Waals surface area contributed by atoms with Crippen LogP contribution in [0.3, 0.4) is 0 Å². The first-order valence-electron chi connectivity index (χ1n) is 10.6. The van der Waals surface area contributed by atoms with Crippen molar-refractivity contribution in [3.05, 3.63) is 138 Å². The largest absolute Gasteiger partial charge is 0.304 e. The number of nitrogens with one attached hydrogen (secondary N) is 2. The predicted octanol–water partition coefficient (Wildman–Crippen LogP) is 5.24. The van der Waals surface area contributed by atoms with E-state index in [1.165, 1.54) is 0 Å². The molecule has 5 heteroatoms. The minimum atomic E-state index is -3.73. The van der Waals surface area contributed by atoms with Crippen molar-refractivity contribution in [2.45, 2.75) is 23.5 Å². The Hall–Kier alpha value is -3.25. The van der Waals surface area contributed by atoms with Gasteiger partial charge in [0.2, 0.25) is 10.0 Å². The minimum absolute atomic E-state index is 0.246. The highest BCUT2D eigenvalue weighted by molar-refractivity contribution is 7.89. The molecule has 4 aromatic carbocycles. The van der Waals surface area contributed by atoms with Crippen LogP contribution in [0.1, 0.15) is 28.8 Å². The SMILES string of the molecule is O=S(=O)(N[C@@H](c1ccccc1)[C@@H](NCc1ccccc1)c1ccccc1)c1ccccc1. The zero-order chi connectivity index (χ0) is 22.2. The zero-order valence-corrected chi connectivity index (χ0v) is 18.5. The second-order valence-electron chi connectivity index (χ2n) is 7.58. The van der Waals surface area contributed by atoms with Crippen LogP contribution in [0, 0.1) is 0 Å². The first kappa shape index (κ1) is 22.0. The van der Waals surface area contributed by atoms with Gasteiger partial charge in [-0.05, 0) is 28.8 Å². The highest BCUT2D eigenvalue weighted by Crippen LogP contribution is 2.31. The molecule has 2 atom stereocenters. The molecule has 0 saturated carbocycles. The van der Waals surface area contributed by atoms with Gasteiger partial charge in [-0.3, -0.25) is 0 Å². The monoisotopic (exact) mass is 442 g/mol. The Bertz CT molecular complexity index is 1200. The number of hydrogen-bond acceptors (Lipinski definition) is 3. The average Bonchev–Trinajstić information content (AvgIpc) is 2.86. The molecule has 0 aromatic heterocycles. The van der Waals surface area contributed by atoms with Crippen LogP contribution in [0.2, 0.25) is 0 Å². The second-order valence-corrected chi connectivity index (χ2v) is 9.29. The van der Waals surface area contributed by atoms with Crippen molar-refractivity contribution in [1.29, 1.82) is 0 Å². The van der Waals surface area contributed by atoms with Gasteiger partial charge >= 0.3 is 0 Å². The van der Waals surface area contributed by atoms with Crippen molar-refractivity contribution >= 4 is 10.0 Å².